The second-order valence-electron chi connectivity index (χ2n) is 8.06. The van der Waals surface area contributed by atoms with Crippen LogP contribution in [0.2, 0.25) is 0 Å². The number of nitrogen functional groups attached to an aromatic ring is 1. The van der Waals surface area contributed by atoms with E-state index in [0.29, 0.717) is 0 Å². The number of aliphatic hydroxyl groups is 2. The Morgan fingerprint density at radius 3 is 2.26 bits per heavy atom. The molecule has 0 aliphatic heterocycles. The summed E-state index contributed by atoms with van der Waals surface area (Å²) in [5.74, 6) is -1.34. The lowest BCUT2D eigenvalue weighted by atomic mass is 9.98. The van der Waals surface area contributed by atoms with E-state index in [1.165, 1.54) is 6.07 Å². The van der Waals surface area contributed by atoms with Crippen LogP contribution in [-0.4, -0.2) is 51.6 Å². The molecule has 0 radical (unpaired) electrons. The van der Waals surface area contributed by atoms with Crippen molar-refractivity contribution in [2.75, 3.05) is 18.9 Å². The summed E-state index contributed by atoms with van der Waals surface area (Å²) < 4.78 is 5.44. The SMILES string of the molecule is Nc1cc(C(O)C(O)CCNC(=O)OCC2c3ccccc3-c3ccccc32)cnc1C(=O)O. The van der Waals surface area contributed by atoms with Gasteiger partial charge in [-0.3, -0.25) is 0 Å². The molecule has 1 heterocycles. The molecule has 0 fully saturated rings. The van der Waals surface area contributed by atoms with Crippen molar-refractivity contribution in [3.63, 3.8) is 0 Å². The second-order valence-corrected chi connectivity index (χ2v) is 8.06. The fourth-order valence-electron chi connectivity index (χ4n) is 4.19. The molecule has 9 nitrogen and oxygen atoms in total. The molecule has 1 aromatic heterocycles. The summed E-state index contributed by atoms with van der Waals surface area (Å²) in [5, 5.41) is 32.1. The number of nitrogens with one attached hydrogen (secondary N) is 1. The summed E-state index contributed by atoms with van der Waals surface area (Å²) in [6, 6.07) is 17.3. The van der Waals surface area contributed by atoms with Gasteiger partial charge in [-0.05, 0) is 34.7 Å². The van der Waals surface area contributed by atoms with Gasteiger partial charge in [-0.2, -0.15) is 0 Å². The zero-order valence-corrected chi connectivity index (χ0v) is 18.2. The highest BCUT2D eigenvalue weighted by atomic mass is 16.5. The minimum Gasteiger partial charge on any atom is -0.476 e. The molecule has 0 saturated heterocycles. The topological polar surface area (TPSA) is 155 Å². The molecule has 0 spiro atoms. The van der Waals surface area contributed by atoms with Crippen molar-refractivity contribution in [2.45, 2.75) is 24.5 Å². The number of aliphatic hydroxyl groups excluding tert-OH is 2. The van der Waals surface area contributed by atoms with Crippen LogP contribution in [0.25, 0.3) is 11.1 Å². The van der Waals surface area contributed by atoms with E-state index in [0.717, 1.165) is 28.5 Å². The number of carboxylic acid groups (broad SMARTS) is 1. The summed E-state index contributed by atoms with van der Waals surface area (Å²) >= 11 is 0. The molecule has 176 valence electrons. The lowest BCUT2D eigenvalue weighted by Crippen LogP contribution is -2.30. The van der Waals surface area contributed by atoms with Crippen LogP contribution >= 0.6 is 0 Å². The first kappa shape index (κ1) is 23.2. The van der Waals surface area contributed by atoms with Gasteiger partial charge in [0.2, 0.25) is 0 Å². The Morgan fingerprint density at radius 1 is 1.06 bits per heavy atom. The molecule has 34 heavy (non-hydrogen) atoms. The Morgan fingerprint density at radius 2 is 1.68 bits per heavy atom. The highest BCUT2D eigenvalue weighted by Gasteiger charge is 2.29. The molecule has 2 atom stereocenters. The van der Waals surface area contributed by atoms with Crippen LogP contribution in [0.15, 0.2) is 60.8 Å². The van der Waals surface area contributed by atoms with Crippen molar-refractivity contribution >= 4 is 17.7 Å². The number of carbonyl (C=O) groups is 2. The number of nitrogens with two attached hydrogens (primary N) is 1. The first-order valence-corrected chi connectivity index (χ1v) is 10.8. The quantitative estimate of drug-likeness (QED) is 0.341. The maximum atomic E-state index is 12.2. The average Bonchev–Trinajstić information content (AvgIpc) is 3.15. The first-order valence-electron chi connectivity index (χ1n) is 10.8. The number of rotatable bonds is 8. The predicted octanol–water partition coefficient (Wildman–Crippen LogP) is 2.69. The van der Waals surface area contributed by atoms with E-state index in [1.54, 1.807) is 0 Å². The number of aromatic nitrogens is 1. The number of carboxylic acids is 1. The van der Waals surface area contributed by atoms with Crippen molar-refractivity contribution in [1.82, 2.24) is 10.3 Å². The lowest BCUT2D eigenvalue weighted by Gasteiger charge is -2.19. The number of fused-ring (bicyclic) bond motifs is 3. The number of hydrogen-bond donors (Lipinski definition) is 5. The highest BCUT2D eigenvalue weighted by molar-refractivity contribution is 5.91. The van der Waals surface area contributed by atoms with E-state index in [-0.39, 0.29) is 42.4 Å². The van der Waals surface area contributed by atoms with Gasteiger partial charge < -0.3 is 31.1 Å². The fraction of sp³-hybridized carbons (Fsp3) is 0.240. The zero-order valence-electron chi connectivity index (χ0n) is 18.2. The number of ether oxygens (including phenoxy) is 1. The van der Waals surface area contributed by atoms with E-state index < -0.39 is 24.3 Å². The number of anilines is 1. The number of carbonyl (C=O) groups excluding carboxylic acids is 1. The van der Waals surface area contributed by atoms with Gasteiger partial charge >= 0.3 is 12.1 Å². The van der Waals surface area contributed by atoms with E-state index >= 15 is 0 Å². The molecule has 4 rings (SSSR count). The Bertz CT molecular complexity index is 1170. The molecule has 3 aromatic rings. The smallest absolute Gasteiger partial charge is 0.407 e. The summed E-state index contributed by atoms with van der Waals surface area (Å²) in [5.41, 5.74) is 9.85. The normalized spacial score (nSPS) is 14.1. The predicted molar refractivity (Wildman–Crippen MR) is 124 cm³/mol. The van der Waals surface area contributed by atoms with E-state index in [1.807, 2.05) is 36.4 Å². The van der Waals surface area contributed by atoms with Gasteiger partial charge in [-0.25, -0.2) is 14.6 Å². The zero-order chi connectivity index (χ0) is 24.2. The number of pyridine rings is 1. The third kappa shape index (κ3) is 4.70. The number of amides is 1. The molecular weight excluding hydrogens is 438 g/mol. The number of hydrogen-bond acceptors (Lipinski definition) is 7. The van der Waals surface area contributed by atoms with Gasteiger partial charge in [0.1, 0.15) is 12.7 Å². The molecular formula is C25H25N3O6. The highest BCUT2D eigenvalue weighted by Crippen LogP contribution is 2.44. The van der Waals surface area contributed by atoms with Crippen molar-refractivity contribution in [1.29, 1.82) is 0 Å². The summed E-state index contributed by atoms with van der Waals surface area (Å²) in [6.45, 7) is 0.233. The van der Waals surface area contributed by atoms with Gasteiger partial charge in [0.15, 0.2) is 5.69 Å². The fourth-order valence-corrected chi connectivity index (χ4v) is 4.19. The second kappa shape index (κ2) is 9.90. The Balaban J connectivity index is 1.28. The maximum absolute atomic E-state index is 12.2. The minimum atomic E-state index is -1.35. The van der Waals surface area contributed by atoms with Crippen LogP contribution in [0.3, 0.4) is 0 Å². The standard InChI is InChI=1S/C25H25N3O6/c26-20-11-14(12-28-22(20)24(31)32)23(30)21(29)9-10-27-25(33)34-13-19-17-7-3-1-5-15(17)16-6-2-4-8-18(16)19/h1-8,11-12,19,21,23,29-30H,9-10,13,26H2,(H,27,33)(H,31,32). The summed E-state index contributed by atoms with van der Waals surface area (Å²) in [7, 11) is 0. The van der Waals surface area contributed by atoms with Crippen LogP contribution < -0.4 is 11.1 Å². The van der Waals surface area contributed by atoms with Gasteiger partial charge in [-0.15, -0.1) is 0 Å². The molecule has 0 saturated carbocycles. The minimum absolute atomic E-state index is 0.0337. The van der Waals surface area contributed by atoms with Gasteiger partial charge in [0.25, 0.3) is 0 Å². The molecule has 2 unspecified atom stereocenters. The summed E-state index contributed by atoms with van der Waals surface area (Å²) in [6.07, 6.45) is -2.02. The Hall–Kier alpha value is -3.95. The summed E-state index contributed by atoms with van der Waals surface area (Å²) in [4.78, 5) is 26.9. The van der Waals surface area contributed by atoms with Crippen molar-refractivity contribution in [3.8, 4) is 11.1 Å². The van der Waals surface area contributed by atoms with Crippen LogP contribution in [-0.2, 0) is 4.74 Å². The van der Waals surface area contributed by atoms with Crippen LogP contribution in [0.1, 0.15) is 45.6 Å². The number of benzene rings is 2. The van der Waals surface area contributed by atoms with Gasteiger partial charge in [-0.1, -0.05) is 48.5 Å². The average molecular weight is 463 g/mol. The van der Waals surface area contributed by atoms with Crippen molar-refractivity contribution < 1.29 is 29.6 Å². The van der Waals surface area contributed by atoms with Crippen molar-refractivity contribution in [2.24, 2.45) is 0 Å². The largest absolute Gasteiger partial charge is 0.476 e. The maximum Gasteiger partial charge on any atom is 0.407 e. The first-order chi connectivity index (χ1) is 16.4. The third-order valence-corrected chi connectivity index (χ3v) is 5.90. The number of alkyl carbamates (subject to hydrolysis) is 1. The third-order valence-electron chi connectivity index (χ3n) is 5.90. The monoisotopic (exact) mass is 463 g/mol. The van der Waals surface area contributed by atoms with Crippen LogP contribution in [0.4, 0.5) is 10.5 Å². The molecule has 6 N–H and O–H groups in total. The molecule has 1 amide bonds. The lowest BCUT2D eigenvalue weighted by molar-refractivity contribution is 0.0135. The Labute approximate surface area is 195 Å². The van der Waals surface area contributed by atoms with Gasteiger partial charge in [0, 0.05) is 24.2 Å². The van der Waals surface area contributed by atoms with E-state index in [9.17, 15) is 19.8 Å². The van der Waals surface area contributed by atoms with Crippen molar-refractivity contribution in [3.05, 3.63) is 83.2 Å². The van der Waals surface area contributed by atoms with Gasteiger partial charge in [0.05, 0.1) is 11.8 Å². The molecule has 9 heteroatoms. The molecule has 1 aliphatic rings. The van der Waals surface area contributed by atoms with E-state index in [2.05, 4.69) is 22.4 Å². The van der Waals surface area contributed by atoms with E-state index in [4.69, 9.17) is 15.6 Å². The molecule has 0 bridgehead atoms. The number of aromatic carboxylic acids is 1. The Kier molecular flexibility index (Phi) is 6.76. The van der Waals surface area contributed by atoms with Crippen LogP contribution in [0, 0.1) is 0 Å². The molecule has 2 aromatic carbocycles. The number of nitrogens with zero attached hydrogens (tertiary/aromatic N) is 1. The molecule has 1 aliphatic carbocycles. The van der Waals surface area contributed by atoms with Crippen LogP contribution in [0.5, 0.6) is 0 Å².